The van der Waals surface area contributed by atoms with Gasteiger partial charge >= 0.3 is 6.18 Å². The molecule has 1 aromatic rings. The number of piperidine rings is 1. The van der Waals surface area contributed by atoms with Crippen molar-refractivity contribution in [1.29, 1.82) is 0 Å². The molecule has 3 unspecified atom stereocenters. The van der Waals surface area contributed by atoms with Crippen LogP contribution in [0, 0.1) is 0 Å². The fraction of sp³-hybridized carbons (Fsp3) is 0.583. The van der Waals surface area contributed by atoms with Gasteiger partial charge in [0.05, 0.1) is 10.5 Å². The molecule has 4 rings (SSSR count). The third-order valence-electron chi connectivity index (χ3n) is 6.78. The van der Waals surface area contributed by atoms with Crippen molar-refractivity contribution in [2.45, 2.75) is 75.4 Å². The number of hydrogen-bond donors (Lipinski definition) is 0. The summed E-state index contributed by atoms with van der Waals surface area (Å²) in [5, 5.41) is 0.216. The second-order valence-electron chi connectivity index (χ2n) is 9.00. The first kappa shape index (κ1) is 23.2. The summed E-state index contributed by atoms with van der Waals surface area (Å²) < 4.78 is 38.6. The minimum Gasteiger partial charge on any atom is -0.338 e. The topological polar surface area (TPSA) is 40.6 Å². The zero-order chi connectivity index (χ0) is 22.9. The Balaban J connectivity index is 1.56. The minimum absolute atomic E-state index is 0.00402. The number of amides is 2. The molecule has 32 heavy (non-hydrogen) atoms. The van der Waals surface area contributed by atoms with Crippen molar-refractivity contribution >= 4 is 29.7 Å². The van der Waals surface area contributed by atoms with E-state index in [4.69, 9.17) is 0 Å². The number of thioether (sulfide) groups is 1. The molecular formula is C24H29F3N2O2S. The molecule has 174 valence electrons. The Labute approximate surface area is 191 Å². The Kier molecular flexibility index (Phi) is 6.89. The molecule has 3 aliphatic rings. The van der Waals surface area contributed by atoms with Gasteiger partial charge in [-0.1, -0.05) is 25.0 Å². The Hall–Kier alpha value is -1.96. The number of rotatable bonds is 3. The first-order valence-electron chi connectivity index (χ1n) is 11.4. The lowest BCUT2D eigenvalue weighted by Crippen LogP contribution is -2.56. The lowest BCUT2D eigenvalue weighted by Gasteiger charge is -2.45. The molecule has 0 N–H and O–H groups in total. The summed E-state index contributed by atoms with van der Waals surface area (Å²) in [6, 6.07) is 5.08. The Morgan fingerprint density at radius 1 is 1.09 bits per heavy atom. The van der Waals surface area contributed by atoms with Crippen LogP contribution in [0.25, 0.3) is 6.08 Å². The summed E-state index contributed by atoms with van der Waals surface area (Å²) in [5.74, 6) is -0.188. The van der Waals surface area contributed by atoms with Gasteiger partial charge < -0.3 is 9.80 Å². The zero-order valence-corrected chi connectivity index (χ0v) is 19.1. The Morgan fingerprint density at radius 2 is 1.78 bits per heavy atom. The number of halogens is 3. The van der Waals surface area contributed by atoms with Crippen LogP contribution in [0.3, 0.4) is 0 Å². The number of alkyl halides is 3. The standard InChI is InChI=1S/C24H29F3N2O2S/c1-16-6-4-5-13-28(16)22(30)15-29-19-7-2-3-8-20(19)32-21(23(29)31)14-17-9-11-18(12-10-17)24(25,26)27/h9-12,14,16,19-20H,2-8,13,15H2,1H3/b21-14-. The average molecular weight is 467 g/mol. The quantitative estimate of drug-likeness (QED) is 0.565. The van der Waals surface area contributed by atoms with E-state index < -0.39 is 11.7 Å². The van der Waals surface area contributed by atoms with E-state index in [1.807, 2.05) is 4.90 Å². The number of benzene rings is 1. The summed E-state index contributed by atoms with van der Waals surface area (Å²) in [7, 11) is 0. The third kappa shape index (κ3) is 5.00. The van der Waals surface area contributed by atoms with Gasteiger partial charge in [-0.3, -0.25) is 9.59 Å². The molecule has 1 saturated carbocycles. The van der Waals surface area contributed by atoms with Gasteiger partial charge in [-0.25, -0.2) is 0 Å². The highest BCUT2D eigenvalue weighted by Crippen LogP contribution is 2.42. The zero-order valence-electron chi connectivity index (χ0n) is 18.2. The van der Waals surface area contributed by atoms with Gasteiger partial charge in [0, 0.05) is 23.9 Å². The predicted molar refractivity (Wildman–Crippen MR) is 120 cm³/mol. The van der Waals surface area contributed by atoms with Crippen molar-refractivity contribution in [3.05, 3.63) is 40.3 Å². The van der Waals surface area contributed by atoms with Crippen molar-refractivity contribution in [3.63, 3.8) is 0 Å². The molecule has 0 spiro atoms. The van der Waals surface area contributed by atoms with E-state index in [2.05, 4.69) is 6.92 Å². The first-order valence-corrected chi connectivity index (χ1v) is 12.3. The molecule has 2 saturated heterocycles. The second kappa shape index (κ2) is 9.49. The fourth-order valence-corrected chi connectivity index (χ4v) is 6.46. The van der Waals surface area contributed by atoms with Crippen molar-refractivity contribution in [1.82, 2.24) is 9.80 Å². The fourth-order valence-electron chi connectivity index (χ4n) is 4.99. The van der Waals surface area contributed by atoms with E-state index in [0.29, 0.717) is 10.5 Å². The average Bonchev–Trinajstić information content (AvgIpc) is 2.76. The minimum atomic E-state index is -4.39. The molecule has 0 radical (unpaired) electrons. The molecule has 3 atom stereocenters. The molecule has 1 aromatic carbocycles. The lowest BCUT2D eigenvalue weighted by molar-refractivity contribution is -0.142. The molecule has 0 aromatic heterocycles. The van der Waals surface area contributed by atoms with Crippen LogP contribution in [-0.4, -0.2) is 52.0 Å². The number of carbonyl (C=O) groups excluding carboxylic acids is 2. The van der Waals surface area contributed by atoms with Crippen molar-refractivity contribution in [3.8, 4) is 0 Å². The number of likely N-dealkylation sites (tertiary alicyclic amines) is 1. The highest BCUT2D eigenvalue weighted by Gasteiger charge is 2.42. The van der Waals surface area contributed by atoms with Crippen LogP contribution in [0.4, 0.5) is 13.2 Å². The smallest absolute Gasteiger partial charge is 0.338 e. The summed E-state index contributed by atoms with van der Waals surface area (Å²) >= 11 is 1.52. The van der Waals surface area contributed by atoms with Crippen LogP contribution in [0.15, 0.2) is 29.2 Å². The molecule has 2 heterocycles. The van der Waals surface area contributed by atoms with Crippen LogP contribution in [0.1, 0.15) is 63.0 Å². The number of fused-ring (bicyclic) bond motifs is 1. The van der Waals surface area contributed by atoms with Crippen LogP contribution >= 0.6 is 11.8 Å². The van der Waals surface area contributed by atoms with Crippen molar-refractivity contribution in [2.24, 2.45) is 0 Å². The summed E-state index contributed by atoms with van der Waals surface area (Å²) in [6.07, 6.45) is 4.36. The van der Waals surface area contributed by atoms with Gasteiger partial charge in [0.25, 0.3) is 5.91 Å². The monoisotopic (exact) mass is 466 g/mol. The molecule has 2 aliphatic heterocycles. The number of carbonyl (C=O) groups is 2. The maximum absolute atomic E-state index is 13.4. The van der Waals surface area contributed by atoms with E-state index >= 15 is 0 Å². The molecule has 3 fully saturated rings. The maximum atomic E-state index is 13.4. The summed E-state index contributed by atoms with van der Waals surface area (Å²) in [4.78, 5) is 30.6. The SMILES string of the molecule is CC1CCCCN1C(=O)CN1C(=O)/C(=C/c2ccc(C(F)(F)F)cc2)SC2CCCCC21. The van der Waals surface area contributed by atoms with E-state index in [0.717, 1.165) is 63.6 Å². The Bertz CT molecular complexity index is 884. The van der Waals surface area contributed by atoms with Crippen LogP contribution in [0.5, 0.6) is 0 Å². The van der Waals surface area contributed by atoms with Crippen LogP contribution in [0.2, 0.25) is 0 Å². The molecule has 2 amide bonds. The van der Waals surface area contributed by atoms with E-state index in [9.17, 15) is 22.8 Å². The largest absolute Gasteiger partial charge is 0.416 e. The van der Waals surface area contributed by atoms with Crippen LogP contribution < -0.4 is 0 Å². The number of hydrogen-bond acceptors (Lipinski definition) is 3. The second-order valence-corrected chi connectivity index (χ2v) is 10.3. The van der Waals surface area contributed by atoms with E-state index in [1.165, 1.54) is 23.9 Å². The van der Waals surface area contributed by atoms with Gasteiger partial charge in [-0.05, 0) is 62.8 Å². The predicted octanol–water partition coefficient (Wildman–Crippen LogP) is 5.33. The number of nitrogens with zero attached hydrogens (tertiary/aromatic N) is 2. The van der Waals surface area contributed by atoms with Crippen molar-refractivity contribution in [2.75, 3.05) is 13.1 Å². The normalized spacial score (nSPS) is 28.1. The van der Waals surface area contributed by atoms with E-state index in [1.54, 1.807) is 11.0 Å². The molecule has 1 aliphatic carbocycles. The first-order chi connectivity index (χ1) is 15.2. The summed E-state index contributed by atoms with van der Waals surface area (Å²) in [5.41, 5.74) is -0.156. The van der Waals surface area contributed by atoms with Crippen LogP contribution in [-0.2, 0) is 15.8 Å². The third-order valence-corrected chi connectivity index (χ3v) is 8.18. The highest BCUT2D eigenvalue weighted by molar-refractivity contribution is 8.04. The van der Waals surface area contributed by atoms with Gasteiger partial charge in [0.2, 0.25) is 5.91 Å². The van der Waals surface area contributed by atoms with E-state index in [-0.39, 0.29) is 35.7 Å². The van der Waals surface area contributed by atoms with Gasteiger partial charge in [0.1, 0.15) is 6.54 Å². The van der Waals surface area contributed by atoms with Gasteiger partial charge in [-0.15, -0.1) is 11.8 Å². The maximum Gasteiger partial charge on any atom is 0.416 e. The molecular weight excluding hydrogens is 437 g/mol. The van der Waals surface area contributed by atoms with Gasteiger partial charge in [0.15, 0.2) is 0 Å². The van der Waals surface area contributed by atoms with Crippen molar-refractivity contribution < 1.29 is 22.8 Å². The molecule has 4 nitrogen and oxygen atoms in total. The Morgan fingerprint density at radius 3 is 2.47 bits per heavy atom. The molecule has 0 bridgehead atoms. The molecule has 8 heteroatoms. The van der Waals surface area contributed by atoms with Gasteiger partial charge in [-0.2, -0.15) is 13.2 Å². The highest BCUT2D eigenvalue weighted by atomic mass is 32.2. The lowest BCUT2D eigenvalue weighted by atomic mass is 9.92. The summed E-state index contributed by atoms with van der Waals surface area (Å²) in [6.45, 7) is 2.87.